The highest BCUT2D eigenvalue weighted by Crippen LogP contribution is 2.20. The van der Waals surface area contributed by atoms with E-state index in [0.29, 0.717) is 17.5 Å². The second-order valence-electron chi connectivity index (χ2n) is 3.52. The van der Waals surface area contributed by atoms with E-state index in [1.54, 1.807) is 12.3 Å². The molecule has 1 aromatic carbocycles. The first kappa shape index (κ1) is 12.4. The summed E-state index contributed by atoms with van der Waals surface area (Å²) in [6.07, 6.45) is 2.49. The predicted octanol–water partition coefficient (Wildman–Crippen LogP) is 4.12. The molecule has 0 aliphatic carbocycles. The molecule has 2 aromatic rings. The number of pyridine rings is 1. The third kappa shape index (κ3) is 3.72. The molecule has 1 heterocycles. The van der Waals surface area contributed by atoms with Crippen LogP contribution in [0.15, 0.2) is 47.1 Å². The number of aromatic nitrogens is 1. The van der Waals surface area contributed by atoms with Crippen molar-refractivity contribution < 1.29 is 4.74 Å². The van der Waals surface area contributed by atoms with Gasteiger partial charge in [-0.3, -0.25) is 0 Å². The Balaban J connectivity index is 1.88. The van der Waals surface area contributed by atoms with Crippen LogP contribution in [0.2, 0.25) is 5.15 Å². The van der Waals surface area contributed by atoms with E-state index in [-0.39, 0.29) is 0 Å². The van der Waals surface area contributed by atoms with E-state index < -0.39 is 0 Å². The molecule has 0 aliphatic rings. The van der Waals surface area contributed by atoms with Gasteiger partial charge in [0, 0.05) is 17.1 Å². The first-order chi connectivity index (χ1) is 8.25. The number of hydrogen-bond donors (Lipinski definition) is 0. The van der Waals surface area contributed by atoms with E-state index in [2.05, 4.69) is 33.0 Å². The van der Waals surface area contributed by atoms with Crippen LogP contribution in [-0.2, 0) is 6.42 Å². The predicted molar refractivity (Wildman–Crippen MR) is 72.6 cm³/mol. The van der Waals surface area contributed by atoms with Crippen LogP contribution >= 0.6 is 27.5 Å². The van der Waals surface area contributed by atoms with Crippen LogP contribution in [0.1, 0.15) is 5.56 Å². The summed E-state index contributed by atoms with van der Waals surface area (Å²) in [5.74, 6) is 0.631. The van der Waals surface area contributed by atoms with Crippen molar-refractivity contribution in [2.24, 2.45) is 0 Å². The van der Waals surface area contributed by atoms with Gasteiger partial charge in [0.1, 0.15) is 0 Å². The zero-order valence-corrected chi connectivity index (χ0v) is 11.4. The molecule has 0 spiro atoms. The third-order valence-electron chi connectivity index (χ3n) is 2.29. The molecule has 88 valence electrons. The Hall–Kier alpha value is -1.06. The highest BCUT2D eigenvalue weighted by molar-refractivity contribution is 9.10. The smallest absolute Gasteiger partial charge is 0.171 e. The van der Waals surface area contributed by atoms with Crippen molar-refractivity contribution >= 4 is 27.5 Å². The Labute approximate surface area is 114 Å². The van der Waals surface area contributed by atoms with Gasteiger partial charge in [-0.2, -0.15) is 0 Å². The lowest BCUT2D eigenvalue weighted by Crippen LogP contribution is -2.01. The van der Waals surface area contributed by atoms with Gasteiger partial charge in [0.15, 0.2) is 10.9 Å². The van der Waals surface area contributed by atoms with Crippen LogP contribution in [0.3, 0.4) is 0 Å². The van der Waals surface area contributed by atoms with Gasteiger partial charge < -0.3 is 4.74 Å². The van der Waals surface area contributed by atoms with E-state index >= 15 is 0 Å². The number of nitrogens with zero attached hydrogens (tertiary/aromatic N) is 1. The number of rotatable bonds is 4. The molecule has 4 heteroatoms. The Morgan fingerprint density at radius 3 is 2.65 bits per heavy atom. The summed E-state index contributed by atoms with van der Waals surface area (Å²) in [5.41, 5.74) is 1.23. The third-order valence-corrected chi connectivity index (χ3v) is 3.10. The molecule has 0 N–H and O–H groups in total. The van der Waals surface area contributed by atoms with Crippen molar-refractivity contribution in [3.8, 4) is 5.75 Å². The van der Waals surface area contributed by atoms with E-state index in [4.69, 9.17) is 16.3 Å². The zero-order valence-electron chi connectivity index (χ0n) is 9.07. The highest BCUT2D eigenvalue weighted by Gasteiger charge is 2.01. The summed E-state index contributed by atoms with van der Waals surface area (Å²) < 4.78 is 6.65. The Bertz CT molecular complexity index is 487. The summed E-state index contributed by atoms with van der Waals surface area (Å²) in [7, 11) is 0. The minimum absolute atomic E-state index is 0.406. The maximum absolute atomic E-state index is 5.88. The minimum atomic E-state index is 0.406. The molecule has 0 aliphatic heterocycles. The van der Waals surface area contributed by atoms with Crippen LogP contribution in [-0.4, -0.2) is 11.6 Å². The van der Waals surface area contributed by atoms with Gasteiger partial charge in [0.2, 0.25) is 0 Å². The maximum atomic E-state index is 5.88. The molecule has 2 rings (SSSR count). The number of halogens is 2. The number of benzene rings is 1. The Morgan fingerprint density at radius 2 is 1.94 bits per heavy atom. The molecule has 0 fully saturated rings. The SMILES string of the molecule is Clc1ncccc1OCCc1ccc(Br)cc1. The monoisotopic (exact) mass is 311 g/mol. The molecule has 0 saturated carbocycles. The first-order valence-corrected chi connectivity index (χ1v) is 6.40. The first-order valence-electron chi connectivity index (χ1n) is 5.23. The average Bonchev–Trinajstić information content (AvgIpc) is 2.34. The van der Waals surface area contributed by atoms with E-state index in [1.165, 1.54) is 5.56 Å². The molecule has 17 heavy (non-hydrogen) atoms. The zero-order chi connectivity index (χ0) is 12.1. The molecular weight excluding hydrogens is 302 g/mol. The lowest BCUT2D eigenvalue weighted by atomic mass is 10.2. The number of hydrogen-bond acceptors (Lipinski definition) is 2. The fourth-order valence-electron chi connectivity index (χ4n) is 1.41. The summed E-state index contributed by atoms with van der Waals surface area (Å²) in [6, 6.07) is 11.8. The molecule has 1 aromatic heterocycles. The quantitative estimate of drug-likeness (QED) is 0.792. The van der Waals surface area contributed by atoms with Gasteiger partial charge in [-0.05, 0) is 29.8 Å². The van der Waals surface area contributed by atoms with Gasteiger partial charge in [-0.1, -0.05) is 39.7 Å². The van der Waals surface area contributed by atoms with Crippen LogP contribution in [0.5, 0.6) is 5.75 Å². The van der Waals surface area contributed by atoms with E-state index in [0.717, 1.165) is 10.9 Å². The second kappa shape index (κ2) is 6.03. The maximum Gasteiger partial charge on any atom is 0.171 e. The van der Waals surface area contributed by atoms with Crippen LogP contribution in [0, 0.1) is 0 Å². The molecular formula is C13H11BrClNO. The fourth-order valence-corrected chi connectivity index (χ4v) is 1.85. The van der Waals surface area contributed by atoms with E-state index in [9.17, 15) is 0 Å². The van der Waals surface area contributed by atoms with Gasteiger partial charge in [-0.25, -0.2) is 4.98 Å². The van der Waals surface area contributed by atoms with E-state index in [1.807, 2.05) is 18.2 Å². The van der Waals surface area contributed by atoms with Crippen molar-refractivity contribution in [1.29, 1.82) is 0 Å². The number of ether oxygens (including phenoxy) is 1. The van der Waals surface area contributed by atoms with Gasteiger partial charge in [0.05, 0.1) is 6.61 Å². The fraction of sp³-hybridized carbons (Fsp3) is 0.154. The Kier molecular flexibility index (Phi) is 4.40. The molecule has 0 bridgehead atoms. The van der Waals surface area contributed by atoms with Gasteiger partial charge in [-0.15, -0.1) is 0 Å². The lowest BCUT2D eigenvalue weighted by Gasteiger charge is -2.07. The van der Waals surface area contributed by atoms with Crippen LogP contribution in [0.4, 0.5) is 0 Å². The van der Waals surface area contributed by atoms with Crippen LogP contribution < -0.4 is 4.74 Å². The molecule has 0 saturated heterocycles. The molecule has 0 unspecified atom stereocenters. The standard InChI is InChI=1S/C13H11BrClNO/c14-11-5-3-10(4-6-11)7-9-17-12-2-1-8-16-13(12)15/h1-6,8H,7,9H2. The Morgan fingerprint density at radius 1 is 1.18 bits per heavy atom. The van der Waals surface area contributed by atoms with Crippen molar-refractivity contribution in [1.82, 2.24) is 4.98 Å². The van der Waals surface area contributed by atoms with Crippen molar-refractivity contribution in [3.63, 3.8) is 0 Å². The highest BCUT2D eigenvalue weighted by atomic mass is 79.9. The summed E-state index contributed by atoms with van der Waals surface area (Å²) >= 11 is 9.29. The summed E-state index contributed by atoms with van der Waals surface area (Å²) in [5, 5.41) is 0.406. The molecule has 0 amide bonds. The van der Waals surface area contributed by atoms with Crippen LogP contribution in [0.25, 0.3) is 0 Å². The lowest BCUT2D eigenvalue weighted by molar-refractivity contribution is 0.321. The molecule has 2 nitrogen and oxygen atoms in total. The van der Waals surface area contributed by atoms with Crippen molar-refractivity contribution in [2.45, 2.75) is 6.42 Å². The normalized spacial score (nSPS) is 10.2. The average molecular weight is 313 g/mol. The minimum Gasteiger partial charge on any atom is -0.490 e. The molecule has 0 radical (unpaired) electrons. The second-order valence-corrected chi connectivity index (χ2v) is 4.79. The summed E-state index contributed by atoms with van der Waals surface area (Å²) in [6.45, 7) is 0.590. The molecule has 0 atom stereocenters. The summed E-state index contributed by atoms with van der Waals surface area (Å²) in [4.78, 5) is 3.95. The van der Waals surface area contributed by atoms with Gasteiger partial charge in [0.25, 0.3) is 0 Å². The topological polar surface area (TPSA) is 22.1 Å². The van der Waals surface area contributed by atoms with Gasteiger partial charge >= 0.3 is 0 Å². The van der Waals surface area contributed by atoms with Crippen molar-refractivity contribution in [2.75, 3.05) is 6.61 Å². The van der Waals surface area contributed by atoms with Crippen molar-refractivity contribution in [3.05, 3.63) is 57.8 Å². The largest absolute Gasteiger partial charge is 0.490 e.